The van der Waals surface area contributed by atoms with Gasteiger partial charge in [-0.1, -0.05) is 19.1 Å². The smallest absolute Gasteiger partial charge is 0.164 e. The van der Waals surface area contributed by atoms with Gasteiger partial charge in [-0.3, -0.25) is 0 Å². The van der Waals surface area contributed by atoms with Gasteiger partial charge < -0.3 is 9.84 Å². The van der Waals surface area contributed by atoms with Crippen molar-refractivity contribution in [3.63, 3.8) is 0 Å². The van der Waals surface area contributed by atoms with Crippen LogP contribution in [0.15, 0.2) is 12.1 Å². The third-order valence-electron chi connectivity index (χ3n) is 1.98. The van der Waals surface area contributed by atoms with Gasteiger partial charge in [0, 0.05) is 0 Å². The summed E-state index contributed by atoms with van der Waals surface area (Å²) >= 11 is 0. The third-order valence-corrected chi connectivity index (χ3v) is 1.98. The molecule has 0 aliphatic carbocycles. The number of phenols is 1. The molecule has 13 heavy (non-hydrogen) atoms. The van der Waals surface area contributed by atoms with Gasteiger partial charge in [-0.15, -0.1) is 0 Å². The summed E-state index contributed by atoms with van der Waals surface area (Å²) < 4.78 is 5.45. The van der Waals surface area contributed by atoms with Crippen LogP contribution in [0.5, 0.6) is 11.5 Å². The fourth-order valence-electron chi connectivity index (χ4n) is 1.16. The van der Waals surface area contributed by atoms with E-state index < -0.39 is 0 Å². The first-order valence-corrected chi connectivity index (χ1v) is 4.58. The summed E-state index contributed by atoms with van der Waals surface area (Å²) in [6.07, 6.45) is 0.951. The third kappa shape index (κ3) is 2.14. The van der Waals surface area contributed by atoms with E-state index in [1.807, 2.05) is 32.9 Å². The van der Waals surface area contributed by atoms with Crippen molar-refractivity contribution in [2.24, 2.45) is 0 Å². The van der Waals surface area contributed by atoms with Crippen molar-refractivity contribution in [1.29, 1.82) is 0 Å². The highest BCUT2D eigenvalue weighted by molar-refractivity contribution is 5.49. The second kappa shape index (κ2) is 4.17. The fourth-order valence-corrected chi connectivity index (χ4v) is 1.16. The first-order valence-electron chi connectivity index (χ1n) is 4.58. The van der Waals surface area contributed by atoms with Crippen LogP contribution in [0.25, 0.3) is 0 Å². The maximum absolute atomic E-state index is 9.68. The summed E-state index contributed by atoms with van der Waals surface area (Å²) in [5.41, 5.74) is 1.84. The van der Waals surface area contributed by atoms with Gasteiger partial charge in [0.2, 0.25) is 0 Å². The Kier molecular flexibility index (Phi) is 3.18. The van der Waals surface area contributed by atoms with Crippen molar-refractivity contribution in [2.75, 3.05) is 6.61 Å². The van der Waals surface area contributed by atoms with Gasteiger partial charge in [0.15, 0.2) is 11.5 Å². The van der Waals surface area contributed by atoms with Crippen molar-refractivity contribution >= 4 is 0 Å². The molecule has 0 aromatic heterocycles. The van der Waals surface area contributed by atoms with E-state index in [9.17, 15) is 5.11 Å². The molecular weight excluding hydrogens is 164 g/mol. The summed E-state index contributed by atoms with van der Waals surface area (Å²) in [5.74, 6) is 0.898. The molecule has 0 aliphatic rings. The molecule has 2 nitrogen and oxygen atoms in total. The van der Waals surface area contributed by atoms with Gasteiger partial charge in [-0.25, -0.2) is 0 Å². The summed E-state index contributed by atoms with van der Waals surface area (Å²) in [6.45, 7) is 6.50. The Labute approximate surface area is 79.2 Å². The predicted molar refractivity (Wildman–Crippen MR) is 53.4 cm³/mol. The van der Waals surface area contributed by atoms with E-state index in [1.54, 1.807) is 0 Å². The Morgan fingerprint density at radius 1 is 1.23 bits per heavy atom. The molecule has 0 heterocycles. The highest BCUT2D eigenvalue weighted by Gasteiger charge is 2.07. The van der Waals surface area contributed by atoms with Crippen molar-refractivity contribution in [1.82, 2.24) is 0 Å². The van der Waals surface area contributed by atoms with E-state index in [-0.39, 0.29) is 5.75 Å². The lowest BCUT2D eigenvalue weighted by atomic mass is 10.1. The molecule has 0 spiro atoms. The molecule has 1 N–H and O–H groups in total. The van der Waals surface area contributed by atoms with Crippen LogP contribution < -0.4 is 4.74 Å². The number of aromatic hydroxyl groups is 1. The molecule has 0 saturated heterocycles. The van der Waals surface area contributed by atoms with E-state index in [0.29, 0.717) is 12.4 Å². The van der Waals surface area contributed by atoms with Crippen LogP contribution in [0.3, 0.4) is 0 Å². The van der Waals surface area contributed by atoms with Gasteiger partial charge in [-0.2, -0.15) is 0 Å². The van der Waals surface area contributed by atoms with Crippen LogP contribution in [0.4, 0.5) is 0 Å². The minimum Gasteiger partial charge on any atom is -0.504 e. The van der Waals surface area contributed by atoms with E-state index >= 15 is 0 Å². The monoisotopic (exact) mass is 180 g/mol. The molecule has 2 heteroatoms. The molecule has 0 fully saturated rings. The molecule has 1 aromatic carbocycles. The van der Waals surface area contributed by atoms with Gasteiger partial charge in [0.25, 0.3) is 0 Å². The maximum atomic E-state index is 9.68. The Balaban J connectivity index is 2.96. The van der Waals surface area contributed by atoms with Crippen LogP contribution in [-0.2, 0) is 0 Å². The minimum absolute atomic E-state index is 0.272. The molecule has 0 amide bonds. The number of aryl methyl sites for hydroxylation is 2. The Bertz CT molecular complexity index is 292. The average molecular weight is 180 g/mol. The van der Waals surface area contributed by atoms with E-state index in [1.165, 1.54) is 0 Å². The first kappa shape index (κ1) is 9.90. The Hall–Kier alpha value is -1.18. The van der Waals surface area contributed by atoms with Crippen molar-refractivity contribution < 1.29 is 9.84 Å². The second-order valence-corrected chi connectivity index (χ2v) is 3.23. The van der Waals surface area contributed by atoms with Crippen molar-refractivity contribution in [3.05, 3.63) is 23.3 Å². The lowest BCUT2D eigenvalue weighted by molar-refractivity contribution is 0.296. The zero-order valence-corrected chi connectivity index (χ0v) is 8.42. The van der Waals surface area contributed by atoms with Crippen LogP contribution in [-0.4, -0.2) is 11.7 Å². The number of hydrogen-bond acceptors (Lipinski definition) is 2. The molecule has 72 valence electrons. The van der Waals surface area contributed by atoms with Crippen LogP contribution in [0, 0.1) is 13.8 Å². The molecule has 1 aromatic rings. The van der Waals surface area contributed by atoms with Gasteiger partial charge in [0.1, 0.15) is 0 Å². The molecule has 0 saturated carbocycles. The predicted octanol–water partition coefficient (Wildman–Crippen LogP) is 2.80. The highest BCUT2D eigenvalue weighted by atomic mass is 16.5. The molecule has 0 radical (unpaired) electrons. The summed E-state index contributed by atoms with van der Waals surface area (Å²) in [4.78, 5) is 0. The lowest BCUT2D eigenvalue weighted by Gasteiger charge is -2.11. The number of rotatable bonds is 3. The first-order chi connectivity index (χ1) is 6.16. The number of benzene rings is 1. The lowest BCUT2D eigenvalue weighted by Crippen LogP contribution is -1.97. The van der Waals surface area contributed by atoms with Gasteiger partial charge in [0.05, 0.1) is 6.61 Å². The van der Waals surface area contributed by atoms with E-state index in [0.717, 1.165) is 17.5 Å². The van der Waals surface area contributed by atoms with E-state index in [4.69, 9.17) is 4.74 Å². The molecule has 0 unspecified atom stereocenters. The molecule has 0 bridgehead atoms. The second-order valence-electron chi connectivity index (χ2n) is 3.23. The summed E-state index contributed by atoms with van der Waals surface area (Å²) in [5, 5.41) is 9.68. The Morgan fingerprint density at radius 3 is 2.46 bits per heavy atom. The molecule has 0 atom stereocenters. The maximum Gasteiger partial charge on any atom is 0.164 e. The van der Waals surface area contributed by atoms with Gasteiger partial charge >= 0.3 is 0 Å². The highest BCUT2D eigenvalue weighted by Crippen LogP contribution is 2.32. The fraction of sp³-hybridized carbons (Fsp3) is 0.455. The summed E-state index contributed by atoms with van der Waals surface area (Å²) in [6, 6.07) is 3.85. The number of ether oxygens (including phenoxy) is 1. The minimum atomic E-state index is 0.272. The zero-order chi connectivity index (χ0) is 9.84. The number of phenolic OH excluding ortho intramolecular Hbond substituents is 1. The normalized spacial score (nSPS) is 10.1. The van der Waals surface area contributed by atoms with Crippen LogP contribution >= 0.6 is 0 Å². The summed E-state index contributed by atoms with van der Waals surface area (Å²) in [7, 11) is 0. The molecule has 0 aliphatic heterocycles. The average Bonchev–Trinajstić information content (AvgIpc) is 2.12. The molecular formula is C11H16O2. The Morgan fingerprint density at radius 2 is 1.85 bits per heavy atom. The number of hydrogen-bond donors (Lipinski definition) is 1. The quantitative estimate of drug-likeness (QED) is 0.775. The van der Waals surface area contributed by atoms with E-state index in [2.05, 4.69) is 0 Å². The molecule has 1 rings (SSSR count). The van der Waals surface area contributed by atoms with Gasteiger partial charge in [-0.05, 0) is 31.4 Å². The standard InChI is InChI=1S/C11H16O2/c1-4-7-13-11-9(3)6-5-8(2)10(11)12/h5-6,12H,4,7H2,1-3H3. The SMILES string of the molecule is CCCOc1c(C)ccc(C)c1O. The van der Waals surface area contributed by atoms with Crippen molar-refractivity contribution in [2.45, 2.75) is 27.2 Å². The zero-order valence-electron chi connectivity index (χ0n) is 8.42. The van der Waals surface area contributed by atoms with Crippen LogP contribution in [0.2, 0.25) is 0 Å². The van der Waals surface area contributed by atoms with Crippen molar-refractivity contribution in [3.8, 4) is 11.5 Å². The largest absolute Gasteiger partial charge is 0.504 e. The van der Waals surface area contributed by atoms with Crippen LogP contribution in [0.1, 0.15) is 24.5 Å². The topological polar surface area (TPSA) is 29.5 Å².